The van der Waals surface area contributed by atoms with Gasteiger partial charge in [0.1, 0.15) is 5.76 Å². The Hall–Kier alpha value is -2.11. The largest absolute Gasteiger partial charge is 0.463 e. The van der Waals surface area contributed by atoms with E-state index in [9.17, 15) is 14.4 Å². The van der Waals surface area contributed by atoms with Gasteiger partial charge in [-0.1, -0.05) is 6.58 Å². The molecule has 1 unspecified atom stereocenters. The molecule has 0 amide bonds. The molecule has 0 aromatic carbocycles. The monoisotopic (exact) mass is 296 g/mol. The Balaban J connectivity index is 2.70. The van der Waals surface area contributed by atoms with Gasteiger partial charge >= 0.3 is 17.9 Å². The van der Waals surface area contributed by atoms with Crippen molar-refractivity contribution in [1.82, 2.24) is 0 Å². The maximum Gasteiger partial charge on any atom is 0.347 e. The predicted octanol–water partition coefficient (Wildman–Crippen LogP) is 1.89. The normalized spacial score (nSPS) is 19.0. The fourth-order valence-corrected chi connectivity index (χ4v) is 1.70. The first-order chi connectivity index (χ1) is 9.63. The molecular formula is C15H20O6. The average molecular weight is 296 g/mol. The number of rotatable bonds is 5. The standard InChI is InChI=1S/C15H20O6/c1-9(2)12(16)20-10(3)8-15(4,5)14(18)21-11-6-7-19-13(11)17/h8,11H,1,6-7H2,2-5H3/b10-8+. The summed E-state index contributed by atoms with van der Waals surface area (Å²) in [5, 5.41) is 0. The molecule has 0 radical (unpaired) electrons. The van der Waals surface area contributed by atoms with Crippen LogP contribution in [0.4, 0.5) is 0 Å². The molecule has 6 heteroatoms. The van der Waals surface area contributed by atoms with Gasteiger partial charge in [0.2, 0.25) is 6.10 Å². The van der Waals surface area contributed by atoms with Crippen molar-refractivity contribution in [2.24, 2.45) is 5.41 Å². The Kier molecular flexibility index (Phi) is 5.29. The number of allylic oxidation sites excluding steroid dienone is 1. The SMILES string of the molecule is C=C(C)C(=O)O/C(C)=C/C(C)(C)C(=O)OC1CCOC1=O. The van der Waals surface area contributed by atoms with E-state index >= 15 is 0 Å². The van der Waals surface area contributed by atoms with E-state index in [-0.39, 0.29) is 17.9 Å². The van der Waals surface area contributed by atoms with Gasteiger partial charge in [0.15, 0.2) is 0 Å². The van der Waals surface area contributed by atoms with E-state index in [0.717, 1.165) is 0 Å². The second kappa shape index (κ2) is 6.56. The van der Waals surface area contributed by atoms with Crippen LogP contribution in [0.1, 0.15) is 34.1 Å². The fourth-order valence-electron chi connectivity index (χ4n) is 1.70. The molecule has 1 rings (SSSR count). The second-order valence-electron chi connectivity index (χ2n) is 5.50. The Bertz CT molecular complexity index is 500. The van der Waals surface area contributed by atoms with E-state index in [1.165, 1.54) is 13.0 Å². The van der Waals surface area contributed by atoms with Crippen molar-refractivity contribution in [2.75, 3.05) is 6.61 Å². The van der Waals surface area contributed by atoms with Crippen molar-refractivity contribution in [3.63, 3.8) is 0 Å². The minimum Gasteiger partial charge on any atom is -0.463 e. The van der Waals surface area contributed by atoms with Crippen LogP contribution in [0.5, 0.6) is 0 Å². The van der Waals surface area contributed by atoms with Crippen molar-refractivity contribution in [3.8, 4) is 0 Å². The van der Waals surface area contributed by atoms with Gasteiger partial charge in [-0.2, -0.15) is 0 Å². The average Bonchev–Trinajstić information content (AvgIpc) is 2.73. The van der Waals surface area contributed by atoms with Gasteiger partial charge in [0.05, 0.1) is 12.0 Å². The third-order valence-electron chi connectivity index (χ3n) is 2.83. The first-order valence-corrected chi connectivity index (χ1v) is 6.58. The predicted molar refractivity (Wildman–Crippen MR) is 73.9 cm³/mol. The number of carbonyl (C=O) groups excluding carboxylic acids is 3. The smallest absolute Gasteiger partial charge is 0.347 e. The molecule has 1 fully saturated rings. The zero-order valence-electron chi connectivity index (χ0n) is 12.7. The number of cyclic esters (lactones) is 1. The van der Waals surface area contributed by atoms with E-state index in [1.54, 1.807) is 20.8 Å². The molecule has 0 bridgehead atoms. The lowest BCUT2D eigenvalue weighted by molar-refractivity contribution is -0.165. The summed E-state index contributed by atoms with van der Waals surface area (Å²) in [6.45, 7) is 10.0. The highest BCUT2D eigenvalue weighted by atomic mass is 16.6. The van der Waals surface area contributed by atoms with Crippen LogP contribution in [0.3, 0.4) is 0 Å². The van der Waals surface area contributed by atoms with E-state index in [2.05, 4.69) is 6.58 Å². The summed E-state index contributed by atoms with van der Waals surface area (Å²) in [5.41, 5.74) is -0.778. The molecule has 1 aliphatic heterocycles. The number of esters is 3. The lowest BCUT2D eigenvalue weighted by Gasteiger charge is -2.21. The molecule has 0 aliphatic carbocycles. The molecule has 1 heterocycles. The lowest BCUT2D eigenvalue weighted by Crippen LogP contribution is -2.31. The highest BCUT2D eigenvalue weighted by molar-refractivity contribution is 5.88. The van der Waals surface area contributed by atoms with E-state index in [0.29, 0.717) is 6.42 Å². The summed E-state index contributed by atoms with van der Waals surface area (Å²) >= 11 is 0. The summed E-state index contributed by atoms with van der Waals surface area (Å²) < 4.78 is 14.9. The zero-order chi connectivity index (χ0) is 16.2. The molecular weight excluding hydrogens is 276 g/mol. The Morgan fingerprint density at radius 2 is 2.00 bits per heavy atom. The number of hydrogen-bond acceptors (Lipinski definition) is 6. The molecule has 0 N–H and O–H groups in total. The summed E-state index contributed by atoms with van der Waals surface area (Å²) in [5.74, 6) is -1.42. The molecule has 21 heavy (non-hydrogen) atoms. The van der Waals surface area contributed by atoms with Gasteiger partial charge in [-0.15, -0.1) is 0 Å². The van der Waals surface area contributed by atoms with Crippen LogP contribution in [0, 0.1) is 5.41 Å². The Labute approximate surface area is 123 Å². The summed E-state index contributed by atoms with van der Waals surface area (Å²) in [6.07, 6.45) is 0.966. The van der Waals surface area contributed by atoms with Crippen molar-refractivity contribution < 1.29 is 28.6 Å². The fraction of sp³-hybridized carbons (Fsp3) is 0.533. The van der Waals surface area contributed by atoms with Crippen molar-refractivity contribution in [2.45, 2.75) is 40.2 Å². The van der Waals surface area contributed by atoms with Gasteiger partial charge in [0, 0.05) is 12.0 Å². The zero-order valence-corrected chi connectivity index (χ0v) is 12.7. The van der Waals surface area contributed by atoms with Crippen molar-refractivity contribution >= 4 is 17.9 Å². The molecule has 1 aliphatic rings. The van der Waals surface area contributed by atoms with Crippen LogP contribution in [0.15, 0.2) is 24.0 Å². The molecule has 1 atom stereocenters. The van der Waals surface area contributed by atoms with Crippen LogP contribution in [-0.2, 0) is 28.6 Å². The maximum absolute atomic E-state index is 12.1. The second-order valence-corrected chi connectivity index (χ2v) is 5.50. The highest BCUT2D eigenvalue weighted by Crippen LogP contribution is 2.24. The minimum atomic E-state index is -1.04. The van der Waals surface area contributed by atoms with Gasteiger partial charge in [0.25, 0.3) is 0 Å². The molecule has 0 spiro atoms. The van der Waals surface area contributed by atoms with Crippen LogP contribution in [0.25, 0.3) is 0 Å². The number of hydrogen-bond donors (Lipinski definition) is 0. The van der Waals surface area contributed by atoms with E-state index in [1.807, 2.05) is 0 Å². The van der Waals surface area contributed by atoms with Crippen molar-refractivity contribution in [3.05, 3.63) is 24.0 Å². The van der Waals surface area contributed by atoms with Gasteiger partial charge in [-0.05, 0) is 33.8 Å². The summed E-state index contributed by atoms with van der Waals surface area (Å²) in [7, 11) is 0. The van der Waals surface area contributed by atoms with E-state index in [4.69, 9.17) is 14.2 Å². The Morgan fingerprint density at radius 3 is 2.48 bits per heavy atom. The molecule has 6 nitrogen and oxygen atoms in total. The first kappa shape index (κ1) is 16.9. The number of carbonyl (C=O) groups is 3. The van der Waals surface area contributed by atoms with Crippen LogP contribution < -0.4 is 0 Å². The van der Waals surface area contributed by atoms with Gasteiger partial charge in [-0.3, -0.25) is 4.79 Å². The van der Waals surface area contributed by atoms with Crippen molar-refractivity contribution in [1.29, 1.82) is 0 Å². The highest BCUT2D eigenvalue weighted by Gasteiger charge is 2.35. The minimum absolute atomic E-state index is 0.252. The third-order valence-corrected chi connectivity index (χ3v) is 2.83. The van der Waals surface area contributed by atoms with Gasteiger partial charge < -0.3 is 14.2 Å². The molecule has 1 saturated heterocycles. The molecule has 0 aromatic rings. The quantitative estimate of drug-likeness (QED) is 0.334. The molecule has 116 valence electrons. The van der Waals surface area contributed by atoms with Crippen LogP contribution >= 0.6 is 0 Å². The molecule has 0 saturated carbocycles. The third kappa shape index (κ3) is 4.73. The van der Waals surface area contributed by atoms with Crippen LogP contribution in [-0.4, -0.2) is 30.6 Å². The maximum atomic E-state index is 12.1. The number of ether oxygens (including phenoxy) is 3. The van der Waals surface area contributed by atoms with Gasteiger partial charge in [-0.25, -0.2) is 9.59 Å². The van der Waals surface area contributed by atoms with Crippen LogP contribution in [0.2, 0.25) is 0 Å². The lowest BCUT2D eigenvalue weighted by atomic mass is 9.92. The molecule has 0 aromatic heterocycles. The topological polar surface area (TPSA) is 78.9 Å². The van der Waals surface area contributed by atoms with E-state index < -0.39 is 29.4 Å². The summed E-state index contributed by atoms with van der Waals surface area (Å²) in [4.78, 5) is 34.8. The first-order valence-electron chi connectivity index (χ1n) is 6.58. The Morgan fingerprint density at radius 1 is 1.38 bits per heavy atom. The summed E-state index contributed by atoms with van der Waals surface area (Å²) in [6, 6.07) is 0.